The van der Waals surface area contributed by atoms with Gasteiger partial charge in [0.2, 0.25) is 5.91 Å². The average molecular weight is 552 g/mol. The first-order valence-corrected chi connectivity index (χ1v) is 12.9. The van der Waals surface area contributed by atoms with E-state index in [1.807, 2.05) is 30.3 Å². The molecule has 0 aliphatic carbocycles. The van der Waals surface area contributed by atoms with Crippen molar-refractivity contribution in [1.82, 2.24) is 20.3 Å². The highest BCUT2D eigenvalue weighted by atomic mass is 19.1. The molecule has 3 aromatic carbocycles. The third-order valence-corrected chi connectivity index (χ3v) is 6.52. The van der Waals surface area contributed by atoms with Crippen molar-refractivity contribution in [2.24, 2.45) is 0 Å². The molecule has 41 heavy (non-hydrogen) atoms. The summed E-state index contributed by atoms with van der Waals surface area (Å²) in [4.78, 5) is 48.8. The Kier molecular flexibility index (Phi) is 7.82. The van der Waals surface area contributed by atoms with Crippen LogP contribution in [0.5, 0.6) is 0 Å². The summed E-state index contributed by atoms with van der Waals surface area (Å²) in [6, 6.07) is 20.0. The van der Waals surface area contributed by atoms with Crippen molar-refractivity contribution in [1.29, 1.82) is 0 Å². The van der Waals surface area contributed by atoms with E-state index in [2.05, 4.69) is 25.6 Å². The Labute approximate surface area is 234 Å². The van der Waals surface area contributed by atoms with Crippen molar-refractivity contribution in [3.8, 4) is 22.8 Å². The summed E-state index contributed by atoms with van der Waals surface area (Å²) in [6.07, 6.45) is 2.84. The molecule has 4 N–H and O–H groups in total. The summed E-state index contributed by atoms with van der Waals surface area (Å²) >= 11 is 0. The molecule has 0 radical (unpaired) electrons. The van der Waals surface area contributed by atoms with Crippen LogP contribution in [0.4, 0.5) is 10.1 Å². The maximum Gasteiger partial charge on any atom is 0.303 e. The standard InChI is InChI=1S/C31H26FN5O4/c1-18(19-6-8-24(32)9-7-19)35-31(41)23-12-22(13-25(14-23)36-28(38)10-11-29(39)40)27-17-34-30(37-27)26-15-20-4-2-3-5-21(20)16-33-26/h2-9,12-18H,10-11H2,1H3,(H,34,37)(H,35,41)(H,36,38)(H,39,40)/t18-/m1/s1. The van der Waals surface area contributed by atoms with Crippen LogP contribution in [0.15, 0.2) is 85.2 Å². The Morgan fingerprint density at radius 2 is 1.68 bits per heavy atom. The van der Waals surface area contributed by atoms with E-state index in [4.69, 9.17) is 5.11 Å². The predicted octanol–water partition coefficient (Wildman–Crippen LogP) is 5.73. The van der Waals surface area contributed by atoms with Crippen LogP contribution in [0.25, 0.3) is 33.5 Å². The fourth-order valence-corrected chi connectivity index (χ4v) is 4.36. The first kappa shape index (κ1) is 27.2. The number of aromatic amines is 1. The Bertz CT molecular complexity index is 1750. The maximum atomic E-state index is 13.3. The molecule has 0 fully saturated rings. The first-order valence-electron chi connectivity index (χ1n) is 12.9. The number of benzene rings is 3. The Balaban J connectivity index is 1.45. The minimum absolute atomic E-state index is 0.218. The molecule has 5 rings (SSSR count). The molecule has 2 heterocycles. The zero-order valence-corrected chi connectivity index (χ0v) is 22.0. The van der Waals surface area contributed by atoms with Crippen LogP contribution in [0.1, 0.15) is 41.7 Å². The minimum atomic E-state index is -1.09. The fourth-order valence-electron chi connectivity index (χ4n) is 4.36. The zero-order chi connectivity index (χ0) is 28.9. The highest BCUT2D eigenvalue weighted by Gasteiger charge is 2.17. The molecule has 2 amide bonds. The van der Waals surface area contributed by atoms with Gasteiger partial charge in [-0.25, -0.2) is 9.37 Å². The van der Waals surface area contributed by atoms with Crippen LogP contribution in [0.2, 0.25) is 0 Å². The van der Waals surface area contributed by atoms with Crippen LogP contribution in [-0.2, 0) is 9.59 Å². The summed E-state index contributed by atoms with van der Waals surface area (Å²) in [5.41, 5.74) is 3.08. The lowest BCUT2D eigenvalue weighted by Crippen LogP contribution is -2.27. The second kappa shape index (κ2) is 11.8. The van der Waals surface area contributed by atoms with Crippen LogP contribution >= 0.6 is 0 Å². The summed E-state index contributed by atoms with van der Waals surface area (Å²) in [5.74, 6) is -1.85. The number of carboxylic acid groups (broad SMARTS) is 1. The third-order valence-electron chi connectivity index (χ3n) is 6.52. The van der Waals surface area contributed by atoms with E-state index in [0.29, 0.717) is 28.5 Å². The van der Waals surface area contributed by atoms with Gasteiger partial charge in [-0.2, -0.15) is 0 Å². The van der Waals surface area contributed by atoms with E-state index >= 15 is 0 Å². The van der Waals surface area contributed by atoms with Crippen molar-refractivity contribution in [3.05, 3.63) is 102 Å². The molecule has 0 saturated carbocycles. The molecule has 0 saturated heterocycles. The number of imidazole rings is 1. The van der Waals surface area contributed by atoms with Crippen molar-refractivity contribution in [3.63, 3.8) is 0 Å². The summed E-state index contributed by atoms with van der Waals surface area (Å²) in [6.45, 7) is 1.78. The molecule has 0 bridgehead atoms. The van der Waals surface area contributed by atoms with Crippen LogP contribution in [0, 0.1) is 5.82 Å². The number of fused-ring (bicyclic) bond motifs is 1. The number of carbonyl (C=O) groups is 3. The molecule has 0 unspecified atom stereocenters. The Morgan fingerprint density at radius 1 is 0.927 bits per heavy atom. The number of anilines is 1. The van der Waals surface area contributed by atoms with E-state index in [0.717, 1.165) is 16.3 Å². The molecule has 5 aromatic rings. The maximum absolute atomic E-state index is 13.3. The molecule has 0 aliphatic heterocycles. The number of halogens is 1. The van der Waals surface area contributed by atoms with Gasteiger partial charge in [-0.05, 0) is 54.3 Å². The molecule has 9 nitrogen and oxygen atoms in total. The number of nitrogens with one attached hydrogen (secondary N) is 3. The van der Waals surface area contributed by atoms with E-state index in [1.54, 1.807) is 43.6 Å². The molecule has 206 valence electrons. The smallest absolute Gasteiger partial charge is 0.303 e. The number of H-pyrrole nitrogens is 1. The largest absolute Gasteiger partial charge is 0.481 e. The van der Waals surface area contributed by atoms with Gasteiger partial charge < -0.3 is 20.7 Å². The number of aromatic nitrogens is 3. The average Bonchev–Trinajstić information content (AvgIpc) is 3.46. The molecule has 0 spiro atoms. The zero-order valence-electron chi connectivity index (χ0n) is 22.0. The van der Waals surface area contributed by atoms with E-state index in [-0.39, 0.29) is 24.2 Å². The normalized spacial score (nSPS) is 11.7. The number of rotatable bonds is 9. The van der Waals surface area contributed by atoms with E-state index in [1.165, 1.54) is 18.2 Å². The second-order valence-corrected chi connectivity index (χ2v) is 9.55. The van der Waals surface area contributed by atoms with Crippen LogP contribution < -0.4 is 10.6 Å². The van der Waals surface area contributed by atoms with Crippen LogP contribution in [-0.4, -0.2) is 37.8 Å². The van der Waals surface area contributed by atoms with Gasteiger partial charge >= 0.3 is 5.97 Å². The van der Waals surface area contributed by atoms with Crippen molar-refractivity contribution >= 4 is 34.2 Å². The molecule has 0 aliphatic rings. The fraction of sp³-hybridized carbons (Fsp3) is 0.129. The lowest BCUT2D eigenvalue weighted by Gasteiger charge is -2.16. The molecule has 2 aromatic heterocycles. The molecule has 1 atom stereocenters. The molecule has 10 heteroatoms. The predicted molar refractivity (Wildman–Crippen MR) is 153 cm³/mol. The van der Waals surface area contributed by atoms with Crippen molar-refractivity contribution in [2.45, 2.75) is 25.8 Å². The Morgan fingerprint density at radius 3 is 2.44 bits per heavy atom. The molecular weight excluding hydrogens is 525 g/mol. The summed E-state index contributed by atoms with van der Waals surface area (Å²) in [7, 11) is 0. The number of hydrogen-bond donors (Lipinski definition) is 4. The summed E-state index contributed by atoms with van der Waals surface area (Å²) in [5, 5.41) is 16.5. The van der Waals surface area contributed by atoms with Crippen molar-refractivity contribution in [2.75, 3.05) is 5.32 Å². The van der Waals surface area contributed by atoms with Gasteiger partial charge in [0.05, 0.1) is 24.4 Å². The van der Waals surface area contributed by atoms with Gasteiger partial charge in [0.25, 0.3) is 5.91 Å². The lowest BCUT2D eigenvalue weighted by molar-refractivity contribution is -0.138. The number of pyridine rings is 1. The minimum Gasteiger partial charge on any atom is -0.481 e. The van der Waals surface area contributed by atoms with E-state index in [9.17, 15) is 18.8 Å². The quantitative estimate of drug-likeness (QED) is 0.185. The summed E-state index contributed by atoms with van der Waals surface area (Å²) < 4.78 is 13.3. The highest BCUT2D eigenvalue weighted by Crippen LogP contribution is 2.27. The Hall–Kier alpha value is -5.38. The number of amides is 2. The SMILES string of the molecule is C[C@@H](NC(=O)c1cc(NC(=O)CCC(=O)O)cc(-c2cnc(-c3cc4ccccc4cn3)[nH]2)c1)c1ccc(F)cc1. The second-order valence-electron chi connectivity index (χ2n) is 9.55. The molecular formula is C31H26FN5O4. The van der Waals surface area contributed by atoms with Gasteiger partial charge in [-0.1, -0.05) is 36.4 Å². The number of carboxylic acids is 1. The van der Waals surface area contributed by atoms with Gasteiger partial charge in [0, 0.05) is 34.8 Å². The number of hydrogen-bond acceptors (Lipinski definition) is 5. The highest BCUT2D eigenvalue weighted by molar-refractivity contribution is 5.99. The number of nitrogens with zero attached hydrogens (tertiary/aromatic N) is 2. The van der Waals surface area contributed by atoms with E-state index < -0.39 is 23.8 Å². The lowest BCUT2D eigenvalue weighted by atomic mass is 10.0. The van der Waals surface area contributed by atoms with Crippen LogP contribution in [0.3, 0.4) is 0 Å². The van der Waals surface area contributed by atoms with Gasteiger partial charge in [-0.3, -0.25) is 19.4 Å². The first-order chi connectivity index (χ1) is 19.7. The third kappa shape index (κ3) is 6.62. The monoisotopic (exact) mass is 551 g/mol. The van der Waals surface area contributed by atoms with Gasteiger partial charge in [-0.15, -0.1) is 0 Å². The van der Waals surface area contributed by atoms with Gasteiger partial charge in [0.1, 0.15) is 11.5 Å². The van der Waals surface area contributed by atoms with Gasteiger partial charge in [0.15, 0.2) is 5.82 Å². The topological polar surface area (TPSA) is 137 Å². The van der Waals surface area contributed by atoms with Crippen molar-refractivity contribution < 1.29 is 23.9 Å². The number of carbonyl (C=O) groups excluding carboxylic acids is 2. The number of aliphatic carboxylic acids is 1.